The number of carbonyl (C=O) groups is 1. The average molecular weight is 627 g/mol. The second-order valence-corrected chi connectivity index (χ2v) is 13.4. The fourth-order valence-electron chi connectivity index (χ4n) is 6.65. The molecule has 2 aromatic carbocycles. The zero-order chi connectivity index (χ0) is 30.9. The number of sulfone groups is 1. The van der Waals surface area contributed by atoms with Gasteiger partial charge < -0.3 is 15.7 Å². The standard InChI is InChI=1S/C27H26F8N2O4S/c28-17-3-5-18(6-4-17)42(40,41)24-10-9-21(37-22(38)12-23(39)13-36-14-23)20(24)7-1-15-11-16(2-8-19(15)24)25(29,26(30,31)32)27(33,34)35/h2-6,8,11,20-21,36,39H,1,7,9-10,12-14H2,(H,37,38)/t20-,21+,24+/m0/s1. The minimum Gasteiger partial charge on any atom is -0.387 e. The summed E-state index contributed by atoms with van der Waals surface area (Å²) in [7, 11) is -4.51. The molecule has 1 amide bonds. The summed E-state index contributed by atoms with van der Waals surface area (Å²) in [6, 6.07) is 4.54. The number of alkyl halides is 7. The van der Waals surface area contributed by atoms with Crippen LogP contribution in [0.1, 0.15) is 42.4 Å². The quantitative estimate of drug-likeness (QED) is 0.328. The van der Waals surface area contributed by atoms with Crippen LogP contribution in [0.3, 0.4) is 0 Å². The van der Waals surface area contributed by atoms with Crippen LogP contribution in [-0.4, -0.2) is 56.5 Å². The molecule has 1 saturated carbocycles. The first-order valence-corrected chi connectivity index (χ1v) is 14.5. The minimum absolute atomic E-state index is 0.0762. The van der Waals surface area contributed by atoms with Crippen LogP contribution in [0.2, 0.25) is 0 Å². The van der Waals surface area contributed by atoms with Crippen LogP contribution in [0.25, 0.3) is 0 Å². The molecule has 42 heavy (non-hydrogen) atoms. The van der Waals surface area contributed by atoms with E-state index in [0.29, 0.717) is 12.1 Å². The fourth-order valence-corrected chi connectivity index (χ4v) is 9.12. The third kappa shape index (κ3) is 4.58. The maximum atomic E-state index is 14.9. The normalized spacial score (nSPS) is 25.7. The van der Waals surface area contributed by atoms with E-state index in [1.54, 1.807) is 0 Å². The molecule has 230 valence electrons. The Labute approximate surface area is 235 Å². The molecular formula is C27H26F8N2O4S. The minimum atomic E-state index is -6.35. The molecule has 6 nitrogen and oxygen atoms in total. The number of halogens is 8. The number of β-amino-alcohol motifs (C(OH)–C–C–N with tert-alkyl or cyclic N) is 1. The maximum Gasteiger partial charge on any atom is 0.435 e. The highest BCUT2D eigenvalue weighted by atomic mass is 32.2. The van der Waals surface area contributed by atoms with E-state index in [9.17, 15) is 53.4 Å². The van der Waals surface area contributed by atoms with E-state index in [-0.39, 0.29) is 61.2 Å². The Hall–Kier alpha value is -2.78. The van der Waals surface area contributed by atoms with Crippen LogP contribution in [-0.2, 0) is 31.5 Å². The average Bonchev–Trinajstić information content (AvgIpc) is 3.25. The van der Waals surface area contributed by atoms with Crippen molar-refractivity contribution < 1.29 is 53.4 Å². The largest absolute Gasteiger partial charge is 0.435 e. The Balaban J connectivity index is 1.61. The first kappa shape index (κ1) is 30.7. The SMILES string of the molecule is O=C(CC1(O)CNC1)N[C@@H]1CC[C@@]2(S(=O)(=O)c3ccc(F)cc3)c3ccc(C(F)(C(F)(F)F)C(F)(F)F)cc3CC[C@@H]12. The van der Waals surface area contributed by atoms with E-state index in [4.69, 9.17) is 0 Å². The topological polar surface area (TPSA) is 95.5 Å². The van der Waals surface area contributed by atoms with Gasteiger partial charge in [-0.05, 0) is 61.1 Å². The second-order valence-electron chi connectivity index (χ2n) is 11.2. The number of benzene rings is 2. The van der Waals surface area contributed by atoms with Gasteiger partial charge in [0.05, 0.1) is 16.9 Å². The van der Waals surface area contributed by atoms with E-state index in [1.165, 1.54) is 0 Å². The van der Waals surface area contributed by atoms with E-state index >= 15 is 0 Å². The Morgan fingerprint density at radius 3 is 2.14 bits per heavy atom. The lowest BCUT2D eigenvalue weighted by molar-refractivity contribution is -0.348. The summed E-state index contributed by atoms with van der Waals surface area (Å²) in [4.78, 5) is 12.5. The van der Waals surface area contributed by atoms with Crippen LogP contribution in [0.15, 0.2) is 47.4 Å². The highest BCUT2D eigenvalue weighted by Crippen LogP contribution is 2.59. The molecule has 0 spiro atoms. The van der Waals surface area contributed by atoms with Gasteiger partial charge in [-0.1, -0.05) is 18.2 Å². The maximum absolute atomic E-state index is 14.9. The second kappa shape index (κ2) is 9.88. The van der Waals surface area contributed by atoms with Crippen molar-refractivity contribution in [3.8, 4) is 0 Å². The van der Waals surface area contributed by atoms with E-state index < -0.39 is 67.5 Å². The van der Waals surface area contributed by atoms with E-state index in [2.05, 4.69) is 10.6 Å². The predicted octanol–water partition coefficient (Wildman–Crippen LogP) is 4.35. The van der Waals surface area contributed by atoms with E-state index in [0.717, 1.165) is 30.3 Å². The monoisotopic (exact) mass is 626 g/mol. The zero-order valence-electron chi connectivity index (χ0n) is 21.7. The van der Waals surface area contributed by atoms with Crippen molar-refractivity contribution in [2.45, 2.75) is 71.4 Å². The Morgan fingerprint density at radius 1 is 0.976 bits per heavy atom. The summed E-state index contributed by atoms with van der Waals surface area (Å²) >= 11 is 0. The highest BCUT2D eigenvalue weighted by Gasteiger charge is 2.73. The summed E-state index contributed by atoms with van der Waals surface area (Å²) in [5.41, 5.74) is -8.99. The van der Waals surface area contributed by atoms with Crippen molar-refractivity contribution in [1.82, 2.24) is 10.6 Å². The van der Waals surface area contributed by atoms with Gasteiger partial charge in [0.25, 0.3) is 0 Å². The van der Waals surface area contributed by atoms with Gasteiger partial charge in [0, 0.05) is 30.6 Å². The Kier molecular flexibility index (Phi) is 7.21. The zero-order valence-corrected chi connectivity index (χ0v) is 22.6. The van der Waals surface area contributed by atoms with Crippen LogP contribution in [0, 0.1) is 11.7 Å². The molecule has 5 rings (SSSR count). The third-order valence-corrected chi connectivity index (χ3v) is 11.3. The molecule has 3 N–H and O–H groups in total. The molecule has 15 heteroatoms. The summed E-state index contributed by atoms with van der Waals surface area (Å²) in [6.07, 6.45) is -13.3. The number of aliphatic hydroxyl groups is 1. The molecule has 0 bridgehead atoms. The van der Waals surface area contributed by atoms with E-state index in [1.807, 2.05) is 0 Å². The van der Waals surface area contributed by atoms with Crippen molar-refractivity contribution in [2.75, 3.05) is 13.1 Å². The smallest absolute Gasteiger partial charge is 0.387 e. The van der Waals surface area contributed by atoms with Crippen molar-refractivity contribution >= 4 is 15.7 Å². The van der Waals surface area contributed by atoms with Gasteiger partial charge in [0.2, 0.25) is 5.91 Å². The number of amides is 1. The first-order valence-electron chi connectivity index (χ1n) is 13.0. The number of fused-ring (bicyclic) bond motifs is 3. The van der Waals surface area contributed by atoms with Crippen LogP contribution >= 0.6 is 0 Å². The summed E-state index contributed by atoms with van der Waals surface area (Å²) in [6.45, 7) is 0.359. The summed E-state index contributed by atoms with van der Waals surface area (Å²) < 4.78 is 136. The van der Waals surface area contributed by atoms with Crippen LogP contribution in [0.4, 0.5) is 35.1 Å². The molecule has 0 radical (unpaired) electrons. The van der Waals surface area contributed by atoms with Crippen molar-refractivity contribution in [2.24, 2.45) is 5.92 Å². The predicted molar refractivity (Wildman–Crippen MR) is 132 cm³/mol. The summed E-state index contributed by atoms with van der Waals surface area (Å²) in [5.74, 6) is -2.18. The van der Waals surface area contributed by atoms with Gasteiger partial charge in [-0.2, -0.15) is 26.3 Å². The van der Waals surface area contributed by atoms with Gasteiger partial charge in [-0.15, -0.1) is 0 Å². The summed E-state index contributed by atoms with van der Waals surface area (Å²) in [5, 5.41) is 15.9. The van der Waals surface area contributed by atoms with Gasteiger partial charge in [0.1, 0.15) is 10.6 Å². The Bertz CT molecular complexity index is 1470. The molecule has 3 aliphatic rings. The van der Waals surface area contributed by atoms with Gasteiger partial charge in [0.15, 0.2) is 9.84 Å². The molecule has 1 aliphatic heterocycles. The molecular weight excluding hydrogens is 600 g/mol. The molecule has 1 heterocycles. The highest BCUT2D eigenvalue weighted by molar-refractivity contribution is 7.92. The molecule has 3 atom stereocenters. The lowest BCUT2D eigenvalue weighted by Gasteiger charge is -2.43. The third-order valence-electron chi connectivity index (χ3n) is 8.72. The Morgan fingerprint density at radius 2 is 1.60 bits per heavy atom. The lowest BCUT2D eigenvalue weighted by atomic mass is 9.74. The molecule has 2 aromatic rings. The lowest BCUT2D eigenvalue weighted by Crippen LogP contribution is -2.61. The molecule has 0 aromatic heterocycles. The van der Waals surface area contributed by atoms with Gasteiger partial charge in [-0.3, -0.25) is 4.79 Å². The van der Waals surface area contributed by atoms with Gasteiger partial charge in [-0.25, -0.2) is 17.2 Å². The molecule has 0 unspecified atom stereocenters. The number of carbonyl (C=O) groups excluding carboxylic acids is 1. The first-order chi connectivity index (χ1) is 19.4. The molecule has 2 aliphatic carbocycles. The number of hydrogen-bond acceptors (Lipinski definition) is 5. The molecule has 1 saturated heterocycles. The number of hydrogen-bond donors (Lipinski definition) is 3. The number of aryl methyl sites for hydroxylation is 1. The number of nitrogens with one attached hydrogen (secondary N) is 2. The van der Waals surface area contributed by atoms with Crippen molar-refractivity contribution in [1.29, 1.82) is 0 Å². The fraction of sp³-hybridized carbons (Fsp3) is 0.519. The van der Waals surface area contributed by atoms with Crippen LogP contribution in [0.5, 0.6) is 0 Å². The van der Waals surface area contributed by atoms with Gasteiger partial charge >= 0.3 is 18.0 Å². The number of rotatable bonds is 6. The van der Waals surface area contributed by atoms with Crippen LogP contribution < -0.4 is 10.6 Å². The van der Waals surface area contributed by atoms with Crippen molar-refractivity contribution in [3.63, 3.8) is 0 Å². The molecule has 2 fully saturated rings. The van der Waals surface area contributed by atoms with Crippen molar-refractivity contribution in [3.05, 3.63) is 65.0 Å².